The second-order valence-electron chi connectivity index (χ2n) is 4.96. The summed E-state index contributed by atoms with van der Waals surface area (Å²) in [6, 6.07) is 4.88. The Bertz CT molecular complexity index is 522. The lowest BCUT2D eigenvalue weighted by Crippen LogP contribution is -2.49. The molecule has 0 aromatic heterocycles. The number of hydrogen-bond donors (Lipinski definition) is 2. The van der Waals surface area contributed by atoms with Gasteiger partial charge in [-0.05, 0) is 24.6 Å². The van der Waals surface area contributed by atoms with Crippen LogP contribution in [0.3, 0.4) is 0 Å². The minimum atomic E-state index is -0.853. The van der Waals surface area contributed by atoms with Crippen molar-refractivity contribution < 1.29 is 19.8 Å². The zero-order chi connectivity index (χ0) is 14.7. The molecule has 2 N–H and O–H groups in total. The summed E-state index contributed by atoms with van der Waals surface area (Å²) in [5.74, 6) is -0.871. The summed E-state index contributed by atoms with van der Waals surface area (Å²) in [6.45, 7) is 3.88. The van der Waals surface area contributed by atoms with Crippen molar-refractivity contribution in [3.63, 3.8) is 0 Å². The van der Waals surface area contributed by atoms with Gasteiger partial charge in [0.15, 0.2) is 0 Å². The van der Waals surface area contributed by atoms with Gasteiger partial charge < -0.3 is 15.1 Å². The average Bonchev–Trinajstić information content (AvgIpc) is 2.41. The first kappa shape index (κ1) is 14.3. The van der Waals surface area contributed by atoms with Gasteiger partial charge >= 0.3 is 5.97 Å². The van der Waals surface area contributed by atoms with Crippen LogP contribution in [0.5, 0.6) is 5.75 Å². The fourth-order valence-corrected chi connectivity index (χ4v) is 2.23. The zero-order valence-electron chi connectivity index (χ0n) is 11.4. The maximum atomic E-state index is 12.3. The van der Waals surface area contributed by atoms with Gasteiger partial charge in [0, 0.05) is 31.7 Å². The number of phenolic OH excluding ortho intramolecular Hbond substituents is 1. The molecular weight excluding hydrogens is 260 g/mol. The van der Waals surface area contributed by atoms with Gasteiger partial charge in [0.05, 0.1) is 6.54 Å². The van der Waals surface area contributed by atoms with Gasteiger partial charge in [0.25, 0.3) is 5.91 Å². The Hall–Kier alpha value is -2.08. The first-order valence-electron chi connectivity index (χ1n) is 6.50. The van der Waals surface area contributed by atoms with Crippen LogP contribution in [-0.2, 0) is 4.79 Å². The first-order valence-corrected chi connectivity index (χ1v) is 6.50. The summed E-state index contributed by atoms with van der Waals surface area (Å²) in [6.07, 6.45) is 0. The van der Waals surface area contributed by atoms with Crippen LogP contribution in [0.15, 0.2) is 18.2 Å². The van der Waals surface area contributed by atoms with Crippen LogP contribution in [0.2, 0.25) is 0 Å². The van der Waals surface area contributed by atoms with Gasteiger partial charge in [-0.2, -0.15) is 0 Å². The van der Waals surface area contributed by atoms with Gasteiger partial charge in [0.1, 0.15) is 5.75 Å². The quantitative estimate of drug-likeness (QED) is 0.843. The van der Waals surface area contributed by atoms with Crippen LogP contribution in [-0.4, -0.2) is 64.6 Å². The van der Waals surface area contributed by atoms with Crippen molar-refractivity contribution in [1.82, 2.24) is 9.80 Å². The van der Waals surface area contributed by atoms with Crippen molar-refractivity contribution in [2.24, 2.45) is 0 Å². The highest BCUT2D eigenvalue weighted by molar-refractivity contribution is 5.94. The average molecular weight is 278 g/mol. The predicted octanol–water partition coefficient (Wildman–Crippen LogP) is 0.543. The van der Waals surface area contributed by atoms with Gasteiger partial charge in [0.2, 0.25) is 0 Å². The monoisotopic (exact) mass is 278 g/mol. The van der Waals surface area contributed by atoms with Crippen molar-refractivity contribution in [3.8, 4) is 5.75 Å². The summed E-state index contributed by atoms with van der Waals surface area (Å²) in [4.78, 5) is 26.4. The normalized spacial score (nSPS) is 16.1. The number of aliphatic carboxylic acids is 1. The van der Waals surface area contributed by atoms with E-state index < -0.39 is 5.97 Å². The molecule has 6 heteroatoms. The number of carbonyl (C=O) groups is 2. The van der Waals surface area contributed by atoms with Crippen LogP contribution < -0.4 is 0 Å². The minimum Gasteiger partial charge on any atom is -0.508 e. The molecule has 0 atom stereocenters. The van der Waals surface area contributed by atoms with E-state index in [2.05, 4.69) is 0 Å². The molecule has 0 radical (unpaired) electrons. The maximum Gasteiger partial charge on any atom is 0.317 e. The molecule has 0 aliphatic carbocycles. The standard InChI is InChI=1S/C14H18N2O4/c1-10-2-3-11(8-12(10)17)14(20)16-6-4-15(5-7-16)9-13(18)19/h2-3,8,17H,4-7,9H2,1H3,(H,18,19). The Balaban J connectivity index is 1.97. The Labute approximate surface area is 117 Å². The summed E-state index contributed by atoms with van der Waals surface area (Å²) in [7, 11) is 0. The number of nitrogens with zero attached hydrogens (tertiary/aromatic N) is 2. The van der Waals surface area contributed by atoms with E-state index in [4.69, 9.17) is 5.11 Å². The second-order valence-corrected chi connectivity index (χ2v) is 4.96. The first-order chi connectivity index (χ1) is 9.47. The molecule has 108 valence electrons. The zero-order valence-corrected chi connectivity index (χ0v) is 11.4. The van der Waals surface area contributed by atoms with Crippen molar-refractivity contribution in [2.75, 3.05) is 32.7 Å². The largest absolute Gasteiger partial charge is 0.508 e. The summed E-state index contributed by atoms with van der Waals surface area (Å²) in [5, 5.41) is 18.4. The number of hydrogen-bond acceptors (Lipinski definition) is 4. The molecular formula is C14H18N2O4. The van der Waals surface area contributed by atoms with Crippen LogP contribution >= 0.6 is 0 Å². The van der Waals surface area contributed by atoms with E-state index in [0.29, 0.717) is 31.7 Å². The van der Waals surface area contributed by atoms with Crippen molar-refractivity contribution in [2.45, 2.75) is 6.92 Å². The Morgan fingerprint density at radius 1 is 1.20 bits per heavy atom. The van der Waals surface area contributed by atoms with Crippen LogP contribution in [0.1, 0.15) is 15.9 Å². The van der Waals surface area contributed by atoms with Crippen LogP contribution in [0.25, 0.3) is 0 Å². The van der Waals surface area contributed by atoms with Gasteiger partial charge in [-0.15, -0.1) is 0 Å². The Kier molecular flexibility index (Phi) is 4.24. The van der Waals surface area contributed by atoms with Gasteiger partial charge in [-0.25, -0.2) is 0 Å². The summed E-state index contributed by atoms with van der Waals surface area (Å²) < 4.78 is 0. The van der Waals surface area contributed by atoms with Gasteiger partial charge in [-0.1, -0.05) is 6.07 Å². The summed E-state index contributed by atoms with van der Waals surface area (Å²) in [5.41, 5.74) is 1.19. The molecule has 0 saturated carbocycles. The highest BCUT2D eigenvalue weighted by atomic mass is 16.4. The third-order valence-electron chi connectivity index (χ3n) is 3.47. The topological polar surface area (TPSA) is 81.1 Å². The number of carboxylic acids is 1. The molecule has 1 heterocycles. The maximum absolute atomic E-state index is 12.3. The molecule has 0 spiro atoms. The van der Waals surface area contributed by atoms with E-state index in [1.165, 1.54) is 6.07 Å². The molecule has 0 bridgehead atoms. The lowest BCUT2D eigenvalue weighted by molar-refractivity contribution is -0.138. The van der Waals surface area contributed by atoms with Crippen LogP contribution in [0, 0.1) is 6.92 Å². The molecule has 1 aliphatic rings. The molecule has 1 aliphatic heterocycles. The molecule has 0 unspecified atom stereocenters. The number of piperazine rings is 1. The fourth-order valence-electron chi connectivity index (χ4n) is 2.23. The van der Waals surface area contributed by atoms with E-state index in [0.717, 1.165) is 5.56 Å². The predicted molar refractivity (Wildman–Crippen MR) is 72.8 cm³/mol. The molecule has 1 fully saturated rings. The molecule has 1 amide bonds. The highest BCUT2D eigenvalue weighted by Crippen LogP contribution is 2.19. The van der Waals surface area contributed by atoms with Gasteiger partial charge in [-0.3, -0.25) is 14.5 Å². The number of benzene rings is 1. The molecule has 1 aromatic carbocycles. The number of rotatable bonds is 3. The molecule has 2 rings (SSSR count). The lowest BCUT2D eigenvalue weighted by atomic mass is 10.1. The van der Waals surface area contributed by atoms with Crippen molar-refractivity contribution >= 4 is 11.9 Å². The number of aromatic hydroxyl groups is 1. The fraction of sp³-hybridized carbons (Fsp3) is 0.429. The molecule has 6 nitrogen and oxygen atoms in total. The number of amides is 1. The van der Waals surface area contributed by atoms with Crippen LogP contribution in [0.4, 0.5) is 0 Å². The second kappa shape index (κ2) is 5.92. The summed E-state index contributed by atoms with van der Waals surface area (Å²) >= 11 is 0. The molecule has 1 saturated heterocycles. The molecule has 1 aromatic rings. The van der Waals surface area contributed by atoms with E-state index in [1.807, 2.05) is 0 Å². The lowest BCUT2D eigenvalue weighted by Gasteiger charge is -2.33. The minimum absolute atomic E-state index is 0.00729. The number of carbonyl (C=O) groups excluding carboxylic acids is 1. The third-order valence-corrected chi connectivity index (χ3v) is 3.47. The highest BCUT2D eigenvalue weighted by Gasteiger charge is 2.23. The number of aryl methyl sites for hydroxylation is 1. The number of phenols is 1. The van der Waals surface area contributed by atoms with E-state index in [1.54, 1.807) is 28.9 Å². The van der Waals surface area contributed by atoms with Crippen molar-refractivity contribution in [1.29, 1.82) is 0 Å². The smallest absolute Gasteiger partial charge is 0.317 e. The van der Waals surface area contributed by atoms with E-state index in [9.17, 15) is 14.7 Å². The molecule has 20 heavy (non-hydrogen) atoms. The van der Waals surface area contributed by atoms with Crippen molar-refractivity contribution in [3.05, 3.63) is 29.3 Å². The van der Waals surface area contributed by atoms with E-state index in [-0.39, 0.29) is 18.2 Å². The third kappa shape index (κ3) is 3.27. The van der Waals surface area contributed by atoms with E-state index >= 15 is 0 Å². The Morgan fingerprint density at radius 2 is 1.85 bits per heavy atom. The SMILES string of the molecule is Cc1ccc(C(=O)N2CCN(CC(=O)O)CC2)cc1O. The Morgan fingerprint density at radius 3 is 2.40 bits per heavy atom. The number of carboxylic acid groups (broad SMARTS) is 1.